The van der Waals surface area contributed by atoms with Crippen LogP contribution in [0.5, 0.6) is 5.75 Å². The third-order valence-corrected chi connectivity index (χ3v) is 4.86. The van der Waals surface area contributed by atoms with Crippen LogP contribution in [-0.4, -0.2) is 79.4 Å². The summed E-state index contributed by atoms with van der Waals surface area (Å²) in [5.74, 6) is 0.699. The molecule has 0 saturated carbocycles. The zero-order chi connectivity index (χ0) is 19.2. The second kappa shape index (κ2) is 9.19. The maximum Gasteiger partial charge on any atom is 0.330 e. The van der Waals surface area contributed by atoms with Crippen molar-refractivity contribution in [2.75, 3.05) is 39.5 Å². The van der Waals surface area contributed by atoms with Gasteiger partial charge in [0, 0.05) is 19.6 Å². The Morgan fingerprint density at radius 1 is 1.15 bits per heavy atom. The van der Waals surface area contributed by atoms with Crippen molar-refractivity contribution in [2.24, 2.45) is 0 Å². The van der Waals surface area contributed by atoms with Gasteiger partial charge in [0.2, 0.25) is 0 Å². The Labute approximate surface area is 157 Å². The van der Waals surface area contributed by atoms with E-state index in [1.807, 2.05) is 38.1 Å². The second-order valence-corrected chi connectivity index (χ2v) is 7.75. The van der Waals surface area contributed by atoms with Gasteiger partial charge in [-0.15, -0.1) is 0 Å². The minimum Gasteiger partial charge on any atom is -0.491 e. The van der Waals surface area contributed by atoms with Crippen molar-refractivity contribution in [1.82, 2.24) is 4.90 Å². The van der Waals surface area contributed by atoms with Crippen molar-refractivity contribution in [2.45, 2.75) is 45.0 Å². The van der Waals surface area contributed by atoms with Crippen molar-refractivity contribution in [3.05, 3.63) is 24.3 Å². The molecule has 2 rings (SSSR count). The molecule has 1 aromatic rings. The summed E-state index contributed by atoms with van der Waals surface area (Å²) in [6.07, 6.45) is -0.532. The van der Waals surface area contributed by atoms with Gasteiger partial charge in [-0.1, -0.05) is 17.6 Å². The standard InChI is InChI=1S/C19H31BNO5/c1-18(2,23)19(3,4)26-20-15-5-7-17(8-6-15)25-14-16(22)13-21-9-11-24-12-10-21/h5-8,16,22-23H,9-14H2,1-4H3. The molecule has 1 heterocycles. The number of nitrogens with zero attached hydrogens (tertiary/aromatic N) is 1. The Balaban J connectivity index is 1.74. The van der Waals surface area contributed by atoms with Crippen LogP contribution in [0.25, 0.3) is 0 Å². The van der Waals surface area contributed by atoms with Crippen molar-refractivity contribution in [3.8, 4) is 5.75 Å². The molecule has 1 aliphatic rings. The molecule has 1 aromatic carbocycles. The van der Waals surface area contributed by atoms with Gasteiger partial charge in [0.05, 0.1) is 24.4 Å². The first-order valence-corrected chi connectivity index (χ1v) is 9.12. The number of aliphatic hydroxyl groups excluding tert-OH is 1. The highest BCUT2D eigenvalue weighted by Gasteiger charge is 2.35. The van der Waals surface area contributed by atoms with Crippen LogP contribution in [-0.2, 0) is 9.39 Å². The predicted octanol–water partition coefficient (Wildman–Crippen LogP) is 0.569. The molecule has 1 atom stereocenters. The van der Waals surface area contributed by atoms with Crippen molar-refractivity contribution in [1.29, 1.82) is 0 Å². The fraction of sp³-hybridized carbons (Fsp3) is 0.684. The number of hydrogen-bond donors (Lipinski definition) is 2. The molecule has 2 N–H and O–H groups in total. The summed E-state index contributed by atoms with van der Waals surface area (Å²) in [5, 5.41) is 20.2. The number of benzene rings is 1. The molecule has 1 unspecified atom stereocenters. The van der Waals surface area contributed by atoms with Gasteiger partial charge in [-0.2, -0.15) is 0 Å². The summed E-state index contributed by atoms with van der Waals surface area (Å²) >= 11 is 0. The lowest BCUT2D eigenvalue weighted by Gasteiger charge is -2.37. The zero-order valence-electron chi connectivity index (χ0n) is 16.3. The molecular formula is C19H31BNO5. The summed E-state index contributed by atoms with van der Waals surface area (Å²) in [5.41, 5.74) is -0.780. The summed E-state index contributed by atoms with van der Waals surface area (Å²) in [6.45, 7) is 11.1. The largest absolute Gasteiger partial charge is 0.491 e. The average Bonchev–Trinajstić information content (AvgIpc) is 2.59. The summed E-state index contributed by atoms with van der Waals surface area (Å²) in [6, 6.07) is 7.44. The van der Waals surface area contributed by atoms with Gasteiger partial charge < -0.3 is 24.3 Å². The van der Waals surface area contributed by atoms with Crippen LogP contribution in [0.2, 0.25) is 0 Å². The Kier molecular flexibility index (Phi) is 7.49. The first-order chi connectivity index (χ1) is 12.2. The molecule has 1 radical (unpaired) electrons. The molecule has 1 saturated heterocycles. The van der Waals surface area contributed by atoms with E-state index in [1.165, 1.54) is 0 Å². The van der Waals surface area contributed by atoms with Crippen LogP contribution >= 0.6 is 0 Å². The monoisotopic (exact) mass is 364 g/mol. The highest BCUT2D eigenvalue weighted by Crippen LogP contribution is 2.24. The van der Waals surface area contributed by atoms with E-state index < -0.39 is 17.3 Å². The molecule has 1 aliphatic heterocycles. The van der Waals surface area contributed by atoms with Gasteiger partial charge >= 0.3 is 7.48 Å². The normalized spacial score (nSPS) is 17.8. The average molecular weight is 364 g/mol. The van der Waals surface area contributed by atoms with Crippen LogP contribution in [0.15, 0.2) is 24.3 Å². The smallest absolute Gasteiger partial charge is 0.330 e. The minimum absolute atomic E-state index is 0.253. The van der Waals surface area contributed by atoms with Crippen LogP contribution < -0.4 is 10.2 Å². The van der Waals surface area contributed by atoms with Crippen LogP contribution in [0.3, 0.4) is 0 Å². The van der Waals surface area contributed by atoms with Gasteiger partial charge in [-0.05, 0) is 39.8 Å². The quantitative estimate of drug-likeness (QED) is 0.625. The van der Waals surface area contributed by atoms with Gasteiger partial charge in [-0.25, -0.2) is 0 Å². The Hall–Kier alpha value is -1.12. The van der Waals surface area contributed by atoms with Gasteiger partial charge in [-0.3, -0.25) is 4.90 Å². The Morgan fingerprint density at radius 2 is 1.77 bits per heavy atom. The molecule has 7 heteroatoms. The second-order valence-electron chi connectivity index (χ2n) is 7.75. The van der Waals surface area contributed by atoms with E-state index in [1.54, 1.807) is 21.3 Å². The highest BCUT2D eigenvalue weighted by molar-refractivity contribution is 6.47. The lowest BCUT2D eigenvalue weighted by atomic mass is 9.82. The van der Waals surface area contributed by atoms with Gasteiger partial charge in [0.25, 0.3) is 0 Å². The fourth-order valence-corrected chi connectivity index (χ4v) is 2.33. The number of ether oxygens (including phenoxy) is 2. The first kappa shape index (κ1) is 21.2. The van der Waals surface area contributed by atoms with Crippen LogP contribution in [0.4, 0.5) is 0 Å². The first-order valence-electron chi connectivity index (χ1n) is 9.12. The predicted molar refractivity (Wildman–Crippen MR) is 102 cm³/mol. The van der Waals surface area contributed by atoms with E-state index in [-0.39, 0.29) is 6.61 Å². The van der Waals surface area contributed by atoms with E-state index in [9.17, 15) is 10.2 Å². The third-order valence-electron chi connectivity index (χ3n) is 4.86. The highest BCUT2D eigenvalue weighted by atomic mass is 16.5. The Bertz CT molecular complexity index is 538. The number of morpholine rings is 1. The third kappa shape index (κ3) is 6.56. The molecule has 0 amide bonds. The molecule has 26 heavy (non-hydrogen) atoms. The van der Waals surface area contributed by atoms with Crippen molar-refractivity contribution < 1.29 is 24.3 Å². The van der Waals surface area contributed by atoms with Gasteiger partial charge in [0.15, 0.2) is 0 Å². The zero-order valence-corrected chi connectivity index (χ0v) is 16.3. The molecule has 6 nitrogen and oxygen atoms in total. The van der Waals surface area contributed by atoms with Crippen LogP contribution in [0.1, 0.15) is 27.7 Å². The van der Waals surface area contributed by atoms with E-state index in [0.717, 1.165) is 31.8 Å². The molecule has 0 aromatic heterocycles. The maximum absolute atomic E-state index is 10.1. The van der Waals surface area contributed by atoms with Gasteiger partial charge in [0.1, 0.15) is 18.5 Å². The molecular weight excluding hydrogens is 333 g/mol. The molecule has 0 bridgehead atoms. The molecule has 0 spiro atoms. The van der Waals surface area contributed by atoms with E-state index in [4.69, 9.17) is 14.1 Å². The number of hydrogen-bond acceptors (Lipinski definition) is 6. The topological polar surface area (TPSA) is 71.4 Å². The number of aliphatic hydroxyl groups is 2. The molecule has 145 valence electrons. The van der Waals surface area contributed by atoms with E-state index in [2.05, 4.69) is 4.90 Å². The molecule has 0 aliphatic carbocycles. The summed E-state index contributed by atoms with van der Waals surface area (Å²) in [4.78, 5) is 2.18. The Morgan fingerprint density at radius 3 is 2.35 bits per heavy atom. The maximum atomic E-state index is 10.1. The van der Waals surface area contributed by atoms with Crippen LogP contribution in [0, 0.1) is 0 Å². The lowest BCUT2D eigenvalue weighted by molar-refractivity contribution is -0.0893. The fourth-order valence-electron chi connectivity index (χ4n) is 2.33. The van der Waals surface area contributed by atoms with Crippen molar-refractivity contribution >= 4 is 12.9 Å². The summed E-state index contributed by atoms with van der Waals surface area (Å²) < 4.78 is 16.7. The summed E-state index contributed by atoms with van der Waals surface area (Å²) in [7, 11) is 1.63. The minimum atomic E-state index is -0.955. The van der Waals surface area contributed by atoms with E-state index >= 15 is 0 Å². The lowest BCUT2D eigenvalue weighted by Crippen LogP contribution is -2.49. The number of rotatable bonds is 9. The molecule has 1 fully saturated rings. The van der Waals surface area contributed by atoms with Crippen molar-refractivity contribution in [3.63, 3.8) is 0 Å². The SMILES string of the molecule is CC(C)(O)C(C)(C)O[B]c1ccc(OCC(O)CN2CCOCC2)cc1. The number of β-amino-alcohol motifs (C(OH)–C–C–N with tert-alkyl or cyclic N) is 1. The van der Waals surface area contributed by atoms with E-state index in [0.29, 0.717) is 12.3 Å².